The molecule has 0 bridgehead atoms. The standard InChI is InChI=1S/C19H18N4O/c1-14-11-15(2)22-19(21-14)23-20-13-16-7-6-10-18(12-16)24-17-8-4-3-5-9-17/h3-13H,1-2H3,(H,21,22,23). The van der Waals surface area contributed by atoms with E-state index in [2.05, 4.69) is 20.5 Å². The molecule has 0 saturated heterocycles. The summed E-state index contributed by atoms with van der Waals surface area (Å²) in [5.41, 5.74) is 5.57. The monoisotopic (exact) mass is 318 g/mol. The van der Waals surface area contributed by atoms with Gasteiger partial charge in [-0.3, -0.25) is 0 Å². The highest BCUT2D eigenvalue weighted by Crippen LogP contribution is 2.21. The molecule has 3 rings (SSSR count). The first-order valence-electron chi connectivity index (χ1n) is 7.63. The topological polar surface area (TPSA) is 59.4 Å². The molecule has 0 spiro atoms. The van der Waals surface area contributed by atoms with E-state index in [0.29, 0.717) is 5.95 Å². The maximum absolute atomic E-state index is 5.81. The van der Waals surface area contributed by atoms with Gasteiger partial charge in [0.2, 0.25) is 5.95 Å². The molecule has 0 aliphatic heterocycles. The fraction of sp³-hybridized carbons (Fsp3) is 0.105. The predicted octanol–water partition coefficient (Wildman–Crippen LogP) is 4.33. The fourth-order valence-electron chi connectivity index (χ4n) is 2.22. The minimum absolute atomic E-state index is 0.487. The lowest BCUT2D eigenvalue weighted by Gasteiger charge is -2.06. The zero-order valence-corrected chi connectivity index (χ0v) is 13.6. The number of aryl methyl sites for hydroxylation is 2. The van der Waals surface area contributed by atoms with E-state index in [1.807, 2.05) is 74.5 Å². The Balaban J connectivity index is 1.68. The molecule has 5 nitrogen and oxygen atoms in total. The van der Waals surface area contributed by atoms with Gasteiger partial charge in [-0.05, 0) is 49.7 Å². The van der Waals surface area contributed by atoms with Crippen LogP contribution in [0.4, 0.5) is 5.95 Å². The Morgan fingerprint density at radius 2 is 1.58 bits per heavy atom. The number of hydrogen-bond donors (Lipinski definition) is 1. The van der Waals surface area contributed by atoms with Crippen molar-refractivity contribution < 1.29 is 4.74 Å². The van der Waals surface area contributed by atoms with Gasteiger partial charge >= 0.3 is 0 Å². The summed E-state index contributed by atoms with van der Waals surface area (Å²) in [7, 11) is 0. The number of nitrogens with zero attached hydrogens (tertiary/aromatic N) is 3. The summed E-state index contributed by atoms with van der Waals surface area (Å²) in [6.45, 7) is 3.85. The Hall–Kier alpha value is -3.21. The molecule has 0 atom stereocenters. The van der Waals surface area contributed by atoms with E-state index in [-0.39, 0.29) is 0 Å². The van der Waals surface area contributed by atoms with Gasteiger partial charge in [0.05, 0.1) is 6.21 Å². The van der Waals surface area contributed by atoms with Crippen LogP contribution in [-0.4, -0.2) is 16.2 Å². The van der Waals surface area contributed by atoms with Crippen LogP contribution in [0.5, 0.6) is 11.5 Å². The van der Waals surface area contributed by atoms with Crippen LogP contribution < -0.4 is 10.2 Å². The molecule has 1 N–H and O–H groups in total. The maximum atomic E-state index is 5.81. The van der Waals surface area contributed by atoms with Crippen molar-refractivity contribution in [2.75, 3.05) is 5.43 Å². The summed E-state index contributed by atoms with van der Waals surface area (Å²) in [4.78, 5) is 8.56. The van der Waals surface area contributed by atoms with Gasteiger partial charge < -0.3 is 4.74 Å². The molecule has 5 heteroatoms. The molecule has 0 amide bonds. The van der Waals surface area contributed by atoms with Crippen molar-refractivity contribution >= 4 is 12.2 Å². The number of hydrogen-bond acceptors (Lipinski definition) is 5. The van der Waals surface area contributed by atoms with Crippen LogP contribution in [-0.2, 0) is 0 Å². The number of benzene rings is 2. The normalized spacial score (nSPS) is 10.8. The first kappa shape index (κ1) is 15.7. The molecule has 24 heavy (non-hydrogen) atoms. The smallest absolute Gasteiger partial charge is 0.243 e. The lowest BCUT2D eigenvalue weighted by atomic mass is 10.2. The van der Waals surface area contributed by atoms with E-state index >= 15 is 0 Å². The third-order valence-corrected chi connectivity index (χ3v) is 3.20. The maximum Gasteiger partial charge on any atom is 0.243 e. The van der Waals surface area contributed by atoms with E-state index < -0.39 is 0 Å². The van der Waals surface area contributed by atoms with Crippen molar-refractivity contribution in [3.8, 4) is 11.5 Å². The molecule has 0 fully saturated rings. The molecule has 1 heterocycles. The highest BCUT2D eigenvalue weighted by Gasteiger charge is 1.99. The molecular formula is C19H18N4O. The van der Waals surface area contributed by atoms with Gasteiger partial charge in [0, 0.05) is 11.4 Å². The Morgan fingerprint density at radius 1 is 0.875 bits per heavy atom. The molecule has 0 saturated carbocycles. The van der Waals surface area contributed by atoms with Crippen LogP contribution in [0.15, 0.2) is 65.8 Å². The zero-order valence-electron chi connectivity index (χ0n) is 13.6. The van der Waals surface area contributed by atoms with Crippen molar-refractivity contribution in [1.82, 2.24) is 9.97 Å². The van der Waals surface area contributed by atoms with Crippen LogP contribution in [0, 0.1) is 13.8 Å². The van der Waals surface area contributed by atoms with Gasteiger partial charge in [-0.2, -0.15) is 5.10 Å². The number of aromatic nitrogens is 2. The Morgan fingerprint density at radius 3 is 2.33 bits per heavy atom. The second-order valence-electron chi connectivity index (χ2n) is 5.33. The first-order valence-corrected chi connectivity index (χ1v) is 7.63. The predicted molar refractivity (Wildman–Crippen MR) is 95.7 cm³/mol. The average molecular weight is 318 g/mol. The Bertz CT molecular complexity index is 827. The second kappa shape index (κ2) is 7.37. The van der Waals surface area contributed by atoms with Crippen molar-refractivity contribution in [3.63, 3.8) is 0 Å². The summed E-state index contributed by atoms with van der Waals surface area (Å²) >= 11 is 0. The molecule has 2 aromatic carbocycles. The summed E-state index contributed by atoms with van der Waals surface area (Å²) < 4.78 is 5.81. The number of para-hydroxylation sites is 1. The largest absolute Gasteiger partial charge is 0.457 e. The van der Waals surface area contributed by atoms with Gasteiger partial charge in [-0.25, -0.2) is 15.4 Å². The van der Waals surface area contributed by atoms with Crippen LogP contribution in [0.3, 0.4) is 0 Å². The molecule has 1 aromatic heterocycles. The lowest BCUT2D eigenvalue weighted by Crippen LogP contribution is -1.99. The van der Waals surface area contributed by atoms with Gasteiger partial charge in [-0.15, -0.1) is 0 Å². The number of hydrazone groups is 1. The third kappa shape index (κ3) is 4.39. The number of ether oxygens (including phenoxy) is 1. The molecule has 0 radical (unpaired) electrons. The molecule has 120 valence electrons. The van der Waals surface area contributed by atoms with E-state index in [1.54, 1.807) is 6.21 Å². The van der Waals surface area contributed by atoms with E-state index in [9.17, 15) is 0 Å². The highest BCUT2D eigenvalue weighted by molar-refractivity contribution is 5.80. The fourth-order valence-corrected chi connectivity index (χ4v) is 2.22. The third-order valence-electron chi connectivity index (χ3n) is 3.20. The zero-order chi connectivity index (χ0) is 16.8. The quantitative estimate of drug-likeness (QED) is 0.562. The Labute approximate surface area is 141 Å². The van der Waals surface area contributed by atoms with Crippen LogP contribution >= 0.6 is 0 Å². The number of anilines is 1. The summed E-state index contributed by atoms with van der Waals surface area (Å²) in [5.74, 6) is 2.04. The average Bonchev–Trinajstić information content (AvgIpc) is 2.55. The summed E-state index contributed by atoms with van der Waals surface area (Å²) in [5, 5.41) is 4.19. The molecular weight excluding hydrogens is 300 g/mol. The number of nitrogens with one attached hydrogen (secondary N) is 1. The first-order chi connectivity index (χ1) is 11.7. The SMILES string of the molecule is Cc1cc(C)nc(NN=Cc2cccc(Oc3ccccc3)c2)n1. The van der Waals surface area contributed by atoms with E-state index in [4.69, 9.17) is 4.74 Å². The van der Waals surface area contributed by atoms with Gasteiger partial charge in [-0.1, -0.05) is 30.3 Å². The minimum Gasteiger partial charge on any atom is -0.457 e. The second-order valence-corrected chi connectivity index (χ2v) is 5.33. The molecule has 0 unspecified atom stereocenters. The Kier molecular flexibility index (Phi) is 4.81. The molecule has 0 aliphatic carbocycles. The van der Waals surface area contributed by atoms with Gasteiger partial charge in [0.15, 0.2) is 0 Å². The van der Waals surface area contributed by atoms with Crippen LogP contribution in [0.25, 0.3) is 0 Å². The highest BCUT2D eigenvalue weighted by atomic mass is 16.5. The van der Waals surface area contributed by atoms with Crippen LogP contribution in [0.2, 0.25) is 0 Å². The van der Waals surface area contributed by atoms with Crippen LogP contribution in [0.1, 0.15) is 17.0 Å². The number of rotatable bonds is 5. The van der Waals surface area contributed by atoms with Crippen molar-refractivity contribution in [3.05, 3.63) is 77.6 Å². The van der Waals surface area contributed by atoms with Crippen molar-refractivity contribution in [2.45, 2.75) is 13.8 Å². The summed E-state index contributed by atoms with van der Waals surface area (Å²) in [6.07, 6.45) is 1.71. The van der Waals surface area contributed by atoms with Crippen molar-refractivity contribution in [2.24, 2.45) is 5.10 Å². The van der Waals surface area contributed by atoms with Gasteiger partial charge in [0.1, 0.15) is 11.5 Å². The molecule has 0 aliphatic rings. The summed E-state index contributed by atoms with van der Waals surface area (Å²) in [6, 6.07) is 19.3. The van der Waals surface area contributed by atoms with Crippen molar-refractivity contribution in [1.29, 1.82) is 0 Å². The lowest BCUT2D eigenvalue weighted by molar-refractivity contribution is 0.482. The molecule has 3 aromatic rings. The van der Waals surface area contributed by atoms with Gasteiger partial charge in [0.25, 0.3) is 0 Å². The van der Waals surface area contributed by atoms with E-state index in [0.717, 1.165) is 28.5 Å². The minimum atomic E-state index is 0.487. The van der Waals surface area contributed by atoms with E-state index in [1.165, 1.54) is 0 Å².